The van der Waals surface area contributed by atoms with Gasteiger partial charge in [0.05, 0.1) is 6.10 Å². The number of hydrogen-bond acceptors (Lipinski definition) is 5. The average molecular weight is 267 g/mol. The third-order valence-corrected chi connectivity index (χ3v) is 2.88. The number of aryl methyl sites for hydroxylation is 2. The number of anilines is 1. The van der Waals surface area contributed by atoms with Crippen LogP contribution in [0.5, 0.6) is 0 Å². The number of nitrogens with zero attached hydrogens (tertiary/aromatic N) is 3. The number of aliphatic hydroxyl groups excluding tert-OH is 1. The van der Waals surface area contributed by atoms with Gasteiger partial charge in [0.1, 0.15) is 0 Å². The molecule has 8 nitrogen and oxygen atoms in total. The summed E-state index contributed by atoms with van der Waals surface area (Å²) in [4.78, 5) is 29.9. The highest BCUT2D eigenvalue weighted by molar-refractivity contribution is 5.74. The van der Waals surface area contributed by atoms with Gasteiger partial charge in [0.2, 0.25) is 5.95 Å². The normalized spacial score (nSPS) is 12.8. The summed E-state index contributed by atoms with van der Waals surface area (Å²) < 4.78 is 2.96. The maximum absolute atomic E-state index is 11.9. The molecule has 2 aromatic heterocycles. The summed E-state index contributed by atoms with van der Waals surface area (Å²) in [5.41, 5.74) is -0.292. The van der Waals surface area contributed by atoms with Crippen LogP contribution in [0.1, 0.15) is 13.8 Å². The van der Waals surface area contributed by atoms with Crippen LogP contribution in [0.25, 0.3) is 11.2 Å². The van der Waals surface area contributed by atoms with E-state index in [2.05, 4.69) is 15.3 Å². The van der Waals surface area contributed by atoms with Crippen molar-refractivity contribution >= 4 is 17.1 Å². The van der Waals surface area contributed by atoms with Gasteiger partial charge in [-0.2, -0.15) is 4.98 Å². The number of nitrogens with one attached hydrogen (secondary N) is 2. The van der Waals surface area contributed by atoms with Gasteiger partial charge in [-0.05, 0) is 13.8 Å². The number of aromatic nitrogens is 4. The van der Waals surface area contributed by atoms with E-state index in [1.54, 1.807) is 18.5 Å². The van der Waals surface area contributed by atoms with E-state index < -0.39 is 17.4 Å². The van der Waals surface area contributed by atoms with Crippen LogP contribution in [0.3, 0.4) is 0 Å². The van der Waals surface area contributed by atoms with Gasteiger partial charge in [0.15, 0.2) is 11.2 Å². The lowest BCUT2D eigenvalue weighted by atomic mass is 10.4. The second-order valence-corrected chi connectivity index (χ2v) is 4.40. The minimum absolute atomic E-state index is 0.315. The molecule has 1 atom stereocenters. The summed E-state index contributed by atoms with van der Waals surface area (Å²) in [5, 5.41) is 12.2. The smallest absolute Gasteiger partial charge is 0.329 e. The fourth-order valence-corrected chi connectivity index (χ4v) is 1.92. The molecule has 0 amide bonds. The van der Waals surface area contributed by atoms with Crippen molar-refractivity contribution in [3.8, 4) is 0 Å². The van der Waals surface area contributed by atoms with Crippen LogP contribution < -0.4 is 16.6 Å². The molecule has 8 heteroatoms. The molecular weight excluding hydrogens is 250 g/mol. The largest absolute Gasteiger partial charge is 0.392 e. The Hall–Kier alpha value is -2.09. The summed E-state index contributed by atoms with van der Waals surface area (Å²) in [7, 11) is 1.55. The third-order valence-electron chi connectivity index (χ3n) is 2.88. The SMILES string of the molecule is CCn1c(NC[C@@H](C)O)nc2c1c(=O)[nH]c(=O)n2C. The van der Waals surface area contributed by atoms with Gasteiger partial charge in [-0.3, -0.25) is 14.3 Å². The molecule has 19 heavy (non-hydrogen) atoms. The summed E-state index contributed by atoms with van der Waals surface area (Å²) in [6, 6.07) is 0. The number of imidazole rings is 1. The fraction of sp³-hybridized carbons (Fsp3) is 0.545. The first-order valence-corrected chi connectivity index (χ1v) is 6.07. The Labute approximate surface area is 108 Å². The minimum atomic E-state index is -0.535. The molecule has 0 aliphatic rings. The molecule has 0 bridgehead atoms. The molecule has 0 unspecified atom stereocenters. The second kappa shape index (κ2) is 4.88. The van der Waals surface area contributed by atoms with Gasteiger partial charge >= 0.3 is 5.69 Å². The van der Waals surface area contributed by atoms with Crippen LogP contribution in [-0.2, 0) is 13.6 Å². The predicted molar refractivity (Wildman–Crippen MR) is 71.4 cm³/mol. The zero-order chi connectivity index (χ0) is 14.2. The van der Waals surface area contributed by atoms with Crippen molar-refractivity contribution in [1.82, 2.24) is 19.1 Å². The molecule has 3 N–H and O–H groups in total. The number of aromatic amines is 1. The second-order valence-electron chi connectivity index (χ2n) is 4.40. The van der Waals surface area contributed by atoms with Crippen molar-refractivity contribution in [3.05, 3.63) is 20.8 Å². The average Bonchev–Trinajstić information content (AvgIpc) is 2.72. The first-order chi connectivity index (χ1) is 8.95. The van der Waals surface area contributed by atoms with E-state index in [4.69, 9.17) is 0 Å². The summed E-state index contributed by atoms with van der Waals surface area (Å²) >= 11 is 0. The van der Waals surface area contributed by atoms with Crippen molar-refractivity contribution in [2.24, 2.45) is 7.05 Å². The Morgan fingerprint density at radius 2 is 2.16 bits per heavy atom. The van der Waals surface area contributed by atoms with E-state index in [1.165, 1.54) is 4.57 Å². The van der Waals surface area contributed by atoms with Gasteiger partial charge in [-0.25, -0.2) is 4.79 Å². The molecule has 0 radical (unpaired) electrons. The van der Waals surface area contributed by atoms with Crippen LogP contribution in [0.15, 0.2) is 9.59 Å². The molecule has 2 heterocycles. The number of H-pyrrole nitrogens is 1. The molecule has 0 saturated heterocycles. The number of aliphatic hydroxyl groups is 1. The van der Waals surface area contributed by atoms with Crippen LogP contribution in [0, 0.1) is 0 Å². The maximum atomic E-state index is 11.9. The Bertz CT molecular complexity index is 709. The van der Waals surface area contributed by atoms with Crippen LogP contribution in [0.2, 0.25) is 0 Å². The van der Waals surface area contributed by atoms with E-state index in [1.807, 2.05) is 6.92 Å². The van der Waals surface area contributed by atoms with E-state index in [0.29, 0.717) is 30.2 Å². The molecule has 0 aliphatic carbocycles. The predicted octanol–water partition coefficient (Wildman–Crippen LogP) is -0.764. The monoisotopic (exact) mass is 267 g/mol. The Morgan fingerprint density at radius 3 is 2.74 bits per heavy atom. The van der Waals surface area contributed by atoms with Gasteiger partial charge in [-0.15, -0.1) is 0 Å². The van der Waals surface area contributed by atoms with Crippen molar-refractivity contribution < 1.29 is 5.11 Å². The Balaban J connectivity index is 2.67. The first-order valence-electron chi connectivity index (χ1n) is 6.07. The highest BCUT2D eigenvalue weighted by Gasteiger charge is 2.16. The quantitative estimate of drug-likeness (QED) is 0.675. The Morgan fingerprint density at radius 1 is 1.47 bits per heavy atom. The third kappa shape index (κ3) is 2.26. The zero-order valence-corrected chi connectivity index (χ0v) is 11.1. The maximum Gasteiger partial charge on any atom is 0.329 e. The van der Waals surface area contributed by atoms with Crippen LogP contribution >= 0.6 is 0 Å². The first kappa shape index (κ1) is 13.3. The van der Waals surface area contributed by atoms with Crippen molar-refractivity contribution in [2.75, 3.05) is 11.9 Å². The molecule has 0 spiro atoms. The molecule has 2 aromatic rings. The van der Waals surface area contributed by atoms with Crippen molar-refractivity contribution in [2.45, 2.75) is 26.5 Å². The molecule has 0 aliphatic heterocycles. The fourth-order valence-electron chi connectivity index (χ4n) is 1.92. The lowest BCUT2D eigenvalue weighted by molar-refractivity contribution is 0.208. The molecule has 104 valence electrons. The molecule has 0 aromatic carbocycles. The van der Waals surface area contributed by atoms with E-state index in [-0.39, 0.29) is 0 Å². The van der Waals surface area contributed by atoms with Crippen LogP contribution in [-0.4, -0.2) is 36.9 Å². The molecule has 0 saturated carbocycles. The molecular formula is C11H17N5O3. The lowest BCUT2D eigenvalue weighted by Gasteiger charge is -2.09. The topological polar surface area (TPSA) is 105 Å². The van der Waals surface area contributed by atoms with Crippen LogP contribution in [0.4, 0.5) is 5.95 Å². The van der Waals surface area contributed by atoms with Crippen molar-refractivity contribution in [3.63, 3.8) is 0 Å². The van der Waals surface area contributed by atoms with E-state index in [0.717, 1.165) is 0 Å². The van der Waals surface area contributed by atoms with Gasteiger partial charge in [-0.1, -0.05) is 0 Å². The van der Waals surface area contributed by atoms with Gasteiger partial charge < -0.3 is 15.0 Å². The van der Waals surface area contributed by atoms with Crippen molar-refractivity contribution in [1.29, 1.82) is 0 Å². The van der Waals surface area contributed by atoms with Gasteiger partial charge in [0, 0.05) is 20.1 Å². The highest BCUT2D eigenvalue weighted by Crippen LogP contribution is 2.14. The minimum Gasteiger partial charge on any atom is -0.392 e. The molecule has 0 fully saturated rings. The van der Waals surface area contributed by atoms with E-state index >= 15 is 0 Å². The summed E-state index contributed by atoms with van der Waals surface area (Å²) in [6.07, 6.45) is -0.535. The molecule has 2 rings (SSSR count). The van der Waals surface area contributed by atoms with Gasteiger partial charge in [0.25, 0.3) is 5.56 Å². The standard InChI is InChI=1S/C11H17N5O3/c1-4-16-7-8(13-10(16)12-5-6(2)17)15(3)11(19)14-9(7)18/h6,17H,4-5H2,1-3H3,(H,12,13)(H,14,18,19)/t6-/m1/s1. The number of fused-ring (bicyclic) bond motifs is 1. The lowest BCUT2D eigenvalue weighted by Crippen LogP contribution is -2.29. The number of rotatable bonds is 4. The summed E-state index contributed by atoms with van der Waals surface area (Å²) in [5.74, 6) is 0.463. The Kier molecular flexibility index (Phi) is 3.43. The summed E-state index contributed by atoms with van der Waals surface area (Å²) in [6.45, 7) is 4.36. The van der Waals surface area contributed by atoms with E-state index in [9.17, 15) is 14.7 Å². The highest BCUT2D eigenvalue weighted by atomic mass is 16.3. The number of hydrogen-bond donors (Lipinski definition) is 3. The zero-order valence-electron chi connectivity index (χ0n) is 11.1.